The Morgan fingerprint density at radius 1 is 1.00 bits per heavy atom. The van der Waals surface area contributed by atoms with Gasteiger partial charge in [-0.3, -0.25) is 9.59 Å². The van der Waals surface area contributed by atoms with E-state index in [-0.39, 0.29) is 12.6 Å². The van der Waals surface area contributed by atoms with Crippen LogP contribution in [0.4, 0.5) is 0 Å². The molecule has 1 unspecified atom stereocenters. The summed E-state index contributed by atoms with van der Waals surface area (Å²) >= 11 is 6.11. The van der Waals surface area contributed by atoms with Crippen LogP contribution in [0.3, 0.4) is 0 Å². The number of hydrogen-bond acceptors (Lipinski definition) is 5. The van der Waals surface area contributed by atoms with E-state index in [1.54, 1.807) is 12.1 Å². The molecule has 9 heteroatoms. The second-order valence-electron chi connectivity index (χ2n) is 10.2. The molecule has 2 aliphatic rings. The molecule has 3 atom stereocenters. The van der Waals surface area contributed by atoms with Gasteiger partial charge in [0.2, 0.25) is 0 Å². The average Bonchev–Trinajstić information content (AvgIpc) is 3.72. The number of carbonyl (C=O) groups is 2. The van der Waals surface area contributed by atoms with E-state index in [1.807, 2.05) is 47.3 Å². The molecule has 1 saturated heterocycles. The first kappa shape index (κ1) is 26.4. The normalized spacial score (nSPS) is 19.4. The maximum atomic E-state index is 13.0. The molecule has 0 bridgehead atoms. The van der Waals surface area contributed by atoms with Gasteiger partial charge in [-0.1, -0.05) is 48.7 Å². The van der Waals surface area contributed by atoms with Crippen molar-refractivity contribution in [2.75, 3.05) is 6.54 Å². The molecule has 2 heterocycles. The van der Waals surface area contributed by atoms with Crippen molar-refractivity contribution in [1.29, 1.82) is 0 Å². The number of benzene rings is 2. The maximum Gasteiger partial charge on any atom is 0.255 e. The van der Waals surface area contributed by atoms with Gasteiger partial charge in [-0.15, -0.1) is 0 Å². The molecule has 2 fully saturated rings. The van der Waals surface area contributed by atoms with Gasteiger partial charge in [0.15, 0.2) is 12.2 Å². The van der Waals surface area contributed by atoms with E-state index >= 15 is 0 Å². The molecule has 1 aliphatic carbocycles. The first-order valence-corrected chi connectivity index (χ1v) is 13.6. The number of carbonyl (C=O) groups excluding carboxylic acids is 2. The monoisotopic (exact) mass is 536 g/mol. The third kappa shape index (κ3) is 5.62. The zero-order chi connectivity index (χ0) is 26.6. The molecule has 5 rings (SSSR count). The SMILES string of the molecule is O=C(NCc1ccc(-n2nccc2C2CCCC2)cc1)[C@H](O)[C@@H](O)C(=O)N1CCCC1c1cccc(Cl)c1. The van der Waals surface area contributed by atoms with Crippen LogP contribution in [-0.4, -0.2) is 55.5 Å². The highest BCUT2D eigenvalue weighted by Gasteiger charge is 2.38. The van der Waals surface area contributed by atoms with E-state index in [2.05, 4.69) is 16.5 Å². The van der Waals surface area contributed by atoms with E-state index < -0.39 is 24.0 Å². The first-order chi connectivity index (χ1) is 18.4. The third-order valence-corrected chi connectivity index (χ3v) is 7.92. The fourth-order valence-corrected chi connectivity index (χ4v) is 5.85. The number of amides is 2. The highest BCUT2D eigenvalue weighted by atomic mass is 35.5. The van der Waals surface area contributed by atoms with Crippen LogP contribution < -0.4 is 5.32 Å². The van der Waals surface area contributed by atoms with Gasteiger partial charge >= 0.3 is 0 Å². The fourth-order valence-electron chi connectivity index (χ4n) is 5.65. The maximum absolute atomic E-state index is 13.0. The molecular weight excluding hydrogens is 504 g/mol. The summed E-state index contributed by atoms with van der Waals surface area (Å²) in [6, 6.07) is 16.8. The number of nitrogens with zero attached hydrogens (tertiary/aromatic N) is 3. The number of aromatic nitrogens is 2. The van der Waals surface area contributed by atoms with E-state index in [4.69, 9.17) is 11.6 Å². The number of nitrogens with one attached hydrogen (secondary N) is 1. The van der Waals surface area contributed by atoms with Gasteiger partial charge < -0.3 is 20.4 Å². The van der Waals surface area contributed by atoms with Gasteiger partial charge in [-0.2, -0.15) is 5.10 Å². The van der Waals surface area contributed by atoms with Gasteiger partial charge in [0, 0.05) is 35.9 Å². The van der Waals surface area contributed by atoms with Crippen molar-refractivity contribution < 1.29 is 19.8 Å². The molecule has 2 amide bonds. The summed E-state index contributed by atoms with van der Waals surface area (Å²) in [4.78, 5) is 27.1. The lowest BCUT2D eigenvalue weighted by atomic mass is 10.0. The van der Waals surface area contributed by atoms with Crippen molar-refractivity contribution >= 4 is 23.4 Å². The molecule has 8 nitrogen and oxygen atoms in total. The number of rotatable bonds is 8. The lowest BCUT2D eigenvalue weighted by Gasteiger charge is -2.28. The predicted octanol–water partition coefficient (Wildman–Crippen LogP) is 3.89. The van der Waals surface area contributed by atoms with Crippen molar-refractivity contribution in [3.8, 4) is 5.69 Å². The summed E-state index contributed by atoms with van der Waals surface area (Å²) in [6.07, 6.45) is 4.45. The van der Waals surface area contributed by atoms with E-state index in [0.29, 0.717) is 17.5 Å². The Morgan fingerprint density at radius 2 is 1.76 bits per heavy atom. The summed E-state index contributed by atoms with van der Waals surface area (Å²) < 4.78 is 1.97. The van der Waals surface area contributed by atoms with Crippen molar-refractivity contribution in [3.05, 3.63) is 82.6 Å². The molecule has 1 saturated carbocycles. The van der Waals surface area contributed by atoms with Crippen molar-refractivity contribution in [3.63, 3.8) is 0 Å². The molecule has 0 radical (unpaired) electrons. The zero-order valence-electron chi connectivity index (χ0n) is 21.2. The van der Waals surface area contributed by atoms with Gasteiger partial charge in [0.05, 0.1) is 11.7 Å². The van der Waals surface area contributed by atoms with Crippen molar-refractivity contribution in [1.82, 2.24) is 20.0 Å². The number of aliphatic hydroxyl groups is 2. The van der Waals surface area contributed by atoms with E-state index in [1.165, 1.54) is 36.3 Å². The molecule has 0 spiro atoms. The Morgan fingerprint density at radius 3 is 2.50 bits per heavy atom. The van der Waals surface area contributed by atoms with Gasteiger partial charge in [0.1, 0.15) is 0 Å². The highest BCUT2D eigenvalue weighted by Crippen LogP contribution is 2.35. The van der Waals surface area contributed by atoms with Crippen LogP contribution in [-0.2, 0) is 16.1 Å². The lowest BCUT2D eigenvalue weighted by molar-refractivity contribution is -0.153. The van der Waals surface area contributed by atoms with Crippen molar-refractivity contribution in [2.24, 2.45) is 0 Å². The highest BCUT2D eigenvalue weighted by molar-refractivity contribution is 6.30. The Hall–Kier alpha value is -3.20. The molecule has 1 aromatic heterocycles. The minimum atomic E-state index is -1.87. The summed E-state index contributed by atoms with van der Waals surface area (Å²) in [5, 5.41) is 28.7. The van der Waals surface area contributed by atoms with Gasteiger partial charge in [-0.05, 0) is 67.1 Å². The Kier molecular flexibility index (Phi) is 8.12. The van der Waals surface area contributed by atoms with Crippen LogP contribution in [0.1, 0.15) is 67.3 Å². The van der Waals surface area contributed by atoms with Gasteiger partial charge in [-0.25, -0.2) is 4.68 Å². The van der Waals surface area contributed by atoms with Crippen LogP contribution in [0.2, 0.25) is 5.02 Å². The van der Waals surface area contributed by atoms with Crippen LogP contribution in [0.15, 0.2) is 60.8 Å². The number of likely N-dealkylation sites (tertiary alicyclic amines) is 1. The lowest BCUT2D eigenvalue weighted by Crippen LogP contribution is -2.50. The molecule has 38 heavy (non-hydrogen) atoms. The molecule has 1 aliphatic heterocycles. The van der Waals surface area contributed by atoms with E-state index in [0.717, 1.165) is 29.7 Å². The topological polar surface area (TPSA) is 108 Å². The minimum absolute atomic E-state index is 0.153. The summed E-state index contributed by atoms with van der Waals surface area (Å²) in [7, 11) is 0. The molecule has 200 valence electrons. The Balaban J connectivity index is 1.17. The third-order valence-electron chi connectivity index (χ3n) is 7.68. The largest absolute Gasteiger partial charge is 0.380 e. The van der Waals surface area contributed by atoms with Crippen molar-refractivity contribution in [2.45, 2.75) is 69.2 Å². The molecule has 3 aromatic rings. The van der Waals surface area contributed by atoms with Crippen LogP contribution in [0, 0.1) is 0 Å². The predicted molar refractivity (Wildman–Crippen MR) is 144 cm³/mol. The molecule has 3 N–H and O–H groups in total. The summed E-state index contributed by atoms with van der Waals surface area (Å²) in [6.45, 7) is 0.590. The standard InChI is InChI=1S/C29H33ClN4O4/c30-22-8-3-7-21(17-22)24-9-4-16-33(24)29(38)27(36)26(35)28(37)31-18-19-10-12-23(13-11-19)34-25(14-15-32-34)20-5-1-2-6-20/h3,7-8,10-15,17,20,24,26-27,35-36H,1-2,4-6,9,16,18H2,(H,31,37)/t24?,26-,27-/m1/s1. The van der Waals surface area contributed by atoms with E-state index in [9.17, 15) is 19.8 Å². The summed E-state index contributed by atoms with van der Waals surface area (Å²) in [5.41, 5.74) is 3.86. The zero-order valence-corrected chi connectivity index (χ0v) is 21.9. The summed E-state index contributed by atoms with van der Waals surface area (Å²) in [5.74, 6) is -0.936. The molecule has 2 aromatic carbocycles. The fraction of sp³-hybridized carbons (Fsp3) is 0.414. The number of halogens is 1. The quantitative estimate of drug-likeness (QED) is 0.405. The minimum Gasteiger partial charge on any atom is -0.380 e. The average molecular weight is 537 g/mol. The smallest absolute Gasteiger partial charge is 0.255 e. The van der Waals surface area contributed by atoms with Crippen LogP contribution in [0.25, 0.3) is 5.69 Å². The number of aliphatic hydroxyl groups excluding tert-OH is 2. The number of hydrogen-bond donors (Lipinski definition) is 3. The molecular formula is C29H33ClN4O4. The van der Waals surface area contributed by atoms with Gasteiger partial charge in [0.25, 0.3) is 11.8 Å². The Labute approximate surface area is 227 Å². The first-order valence-electron chi connectivity index (χ1n) is 13.3. The van der Waals surface area contributed by atoms with Crippen LogP contribution >= 0.6 is 11.6 Å². The second-order valence-corrected chi connectivity index (χ2v) is 10.6. The van der Waals surface area contributed by atoms with Crippen LogP contribution in [0.5, 0.6) is 0 Å². The Bertz CT molecular complexity index is 1270. The second kappa shape index (κ2) is 11.7.